The highest BCUT2D eigenvalue weighted by atomic mass is 35.5. The SMILES string of the molecule is Cc1ncc(CCCl)[nH]1. The van der Waals surface area contributed by atoms with Crippen molar-refractivity contribution in [2.75, 3.05) is 5.88 Å². The van der Waals surface area contributed by atoms with Gasteiger partial charge < -0.3 is 4.98 Å². The van der Waals surface area contributed by atoms with Crippen LogP contribution in [0.2, 0.25) is 0 Å². The smallest absolute Gasteiger partial charge is 0.103 e. The van der Waals surface area contributed by atoms with Crippen molar-refractivity contribution in [3.05, 3.63) is 17.7 Å². The van der Waals surface area contributed by atoms with E-state index >= 15 is 0 Å². The normalized spacial score (nSPS) is 10.0. The summed E-state index contributed by atoms with van der Waals surface area (Å²) in [6.45, 7) is 1.93. The summed E-state index contributed by atoms with van der Waals surface area (Å²) in [7, 11) is 0. The highest BCUT2D eigenvalue weighted by molar-refractivity contribution is 6.17. The molecule has 0 aliphatic rings. The molecule has 0 bridgehead atoms. The van der Waals surface area contributed by atoms with Gasteiger partial charge >= 0.3 is 0 Å². The highest BCUT2D eigenvalue weighted by Gasteiger charge is 1.92. The van der Waals surface area contributed by atoms with E-state index in [4.69, 9.17) is 11.6 Å². The second kappa shape index (κ2) is 2.87. The average Bonchev–Trinajstić information content (AvgIpc) is 2.17. The van der Waals surface area contributed by atoms with Gasteiger partial charge in [-0.3, -0.25) is 0 Å². The molecule has 0 atom stereocenters. The maximum absolute atomic E-state index is 5.50. The van der Waals surface area contributed by atoms with Gasteiger partial charge in [-0.1, -0.05) is 0 Å². The molecule has 0 radical (unpaired) electrons. The quantitative estimate of drug-likeness (QED) is 0.627. The first kappa shape index (κ1) is 6.62. The third-order valence-electron chi connectivity index (χ3n) is 1.12. The summed E-state index contributed by atoms with van der Waals surface area (Å²) >= 11 is 5.50. The van der Waals surface area contributed by atoms with Gasteiger partial charge in [0.15, 0.2) is 0 Å². The number of aryl methyl sites for hydroxylation is 2. The summed E-state index contributed by atoms with van der Waals surface area (Å²) in [5, 5.41) is 0. The van der Waals surface area contributed by atoms with Crippen LogP contribution in [-0.2, 0) is 6.42 Å². The predicted molar refractivity (Wildman–Crippen MR) is 37.7 cm³/mol. The van der Waals surface area contributed by atoms with E-state index in [-0.39, 0.29) is 0 Å². The van der Waals surface area contributed by atoms with Gasteiger partial charge in [-0.15, -0.1) is 11.6 Å². The second-order valence-electron chi connectivity index (χ2n) is 1.93. The Balaban J connectivity index is 2.61. The Hall–Kier alpha value is -0.500. The lowest BCUT2D eigenvalue weighted by Gasteiger charge is -1.86. The van der Waals surface area contributed by atoms with Crippen LogP contribution in [0.5, 0.6) is 0 Å². The fourth-order valence-corrected chi connectivity index (χ4v) is 0.904. The zero-order chi connectivity index (χ0) is 6.69. The summed E-state index contributed by atoms with van der Waals surface area (Å²) in [5.74, 6) is 1.61. The Bertz CT molecular complexity index is 183. The van der Waals surface area contributed by atoms with Crippen LogP contribution in [0.25, 0.3) is 0 Å². The molecule has 3 heteroatoms. The molecule has 0 saturated carbocycles. The van der Waals surface area contributed by atoms with E-state index in [1.54, 1.807) is 0 Å². The molecule has 1 rings (SSSR count). The minimum absolute atomic E-state index is 0.654. The fraction of sp³-hybridized carbons (Fsp3) is 0.500. The Labute approximate surface area is 59.3 Å². The summed E-state index contributed by atoms with van der Waals surface area (Å²) in [5.41, 5.74) is 1.11. The van der Waals surface area contributed by atoms with E-state index in [1.807, 2.05) is 13.1 Å². The largest absolute Gasteiger partial charge is 0.346 e. The summed E-state index contributed by atoms with van der Waals surface area (Å²) in [4.78, 5) is 7.10. The molecule has 1 aromatic rings. The van der Waals surface area contributed by atoms with E-state index in [1.165, 1.54) is 0 Å². The van der Waals surface area contributed by atoms with Crippen molar-refractivity contribution in [2.45, 2.75) is 13.3 Å². The molecule has 0 unspecified atom stereocenters. The monoisotopic (exact) mass is 144 g/mol. The first-order valence-electron chi connectivity index (χ1n) is 2.89. The molecular weight excluding hydrogens is 136 g/mol. The van der Waals surface area contributed by atoms with E-state index in [0.717, 1.165) is 17.9 Å². The lowest BCUT2D eigenvalue weighted by Crippen LogP contribution is -1.84. The van der Waals surface area contributed by atoms with Crippen molar-refractivity contribution in [1.82, 2.24) is 9.97 Å². The first-order chi connectivity index (χ1) is 4.33. The van der Waals surface area contributed by atoms with Gasteiger partial charge in [0.25, 0.3) is 0 Å². The number of hydrogen-bond acceptors (Lipinski definition) is 1. The minimum Gasteiger partial charge on any atom is -0.346 e. The zero-order valence-corrected chi connectivity index (χ0v) is 6.07. The predicted octanol–water partition coefficient (Wildman–Crippen LogP) is 1.50. The Morgan fingerprint density at radius 1 is 1.78 bits per heavy atom. The van der Waals surface area contributed by atoms with Gasteiger partial charge in [-0.25, -0.2) is 4.98 Å². The van der Waals surface area contributed by atoms with Crippen LogP contribution >= 0.6 is 11.6 Å². The van der Waals surface area contributed by atoms with E-state index in [9.17, 15) is 0 Å². The standard InChI is InChI=1S/C6H9ClN2/c1-5-8-4-6(9-5)2-3-7/h4H,2-3H2,1H3,(H,8,9). The number of aromatic nitrogens is 2. The third kappa shape index (κ3) is 1.72. The van der Waals surface area contributed by atoms with Crippen molar-refractivity contribution in [3.63, 3.8) is 0 Å². The first-order valence-corrected chi connectivity index (χ1v) is 3.43. The number of nitrogens with zero attached hydrogens (tertiary/aromatic N) is 1. The van der Waals surface area contributed by atoms with Crippen molar-refractivity contribution in [2.24, 2.45) is 0 Å². The number of hydrogen-bond donors (Lipinski definition) is 1. The Morgan fingerprint density at radius 3 is 3.00 bits per heavy atom. The van der Waals surface area contributed by atoms with Crippen LogP contribution in [0.4, 0.5) is 0 Å². The summed E-state index contributed by atoms with van der Waals surface area (Å²) < 4.78 is 0. The second-order valence-corrected chi connectivity index (χ2v) is 2.31. The fourth-order valence-electron chi connectivity index (χ4n) is 0.701. The highest BCUT2D eigenvalue weighted by Crippen LogP contribution is 1.96. The van der Waals surface area contributed by atoms with Crippen LogP contribution in [0, 0.1) is 6.92 Å². The molecule has 2 nitrogen and oxygen atoms in total. The van der Waals surface area contributed by atoms with Gasteiger partial charge in [0, 0.05) is 24.2 Å². The van der Waals surface area contributed by atoms with Crippen LogP contribution in [0.15, 0.2) is 6.20 Å². The summed E-state index contributed by atoms with van der Waals surface area (Å²) in [6, 6.07) is 0. The lowest BCUT2D eigenvalue weighted by molar-refractivity contribution is 1.04. The maximum atomic E-state index is 5.50. The van der Waals surface area contributed by atoms with E-state index in [0.29, 0.717) is 5.88 Å². The van der Waals surface area contributed by atoms with Gasteiger partial charge in [-0.2, -0.15) is 0 Å². The van der Waals surface area contributed by atoms with E-state index < -0.39 is 0 Å². The summed E-state index contributed by atoms with van der Waals surface area (Å²) in [6.07, 6.45) is 2.69. The minimum atomic E-state index is 0.654. The molecule has 50 valence electrons. The molecule has 1 N–H and O–H groups in total. The lowest BCUT2D eigenvalue weighted by atomic mass is 10.4. The topological polar surface area (TPSA) is 28.7 Å². The molecular formula is C6H9ClN2. The van der Waals surface area contributed by atoms with Crippen LogP contribution in [0.1, 0.15) is 11.5 Å². The van der Waals surface area contributed by atoms with Crippen molar-refractivity contribution in [1.29, 1.82) is 0 Å². The molecule has 0 aromatic carbocycles. The molecule has 0 fully saturated rings. The Morgan fingerprint density at radius 2 is 2.56 bits per heavy atom. The Kier molecular flexibility index (Phi) is 2.11. The molecule has 0 aliphatic carbocycles. The third-order valence-corrected chi connectivity index (χ3v) is 1.31. The van der Waals surface area contributed by atoms with Crippen molar-refractivity contribution >= 4 is 11.6 Å². The molecule has 0 saturated heterocycles. The maximum Gasteiger partial charge on any atom is 0.103 e. The molecule has 1 heterocycles. The molecule has 0 amide bonds. The molecule has 9 heavy (non-hydrogen) atoms. The van der Waals surface area contributed by atoms with Gasteiger partial charge in [0.2, 0.25) is 0 Å². The number of halogens is 1. The number of rotatable bonds is 2. The van der Waals surface area contributed by atoms with Gasteiger partial charge in [-0.05, 0) is 6.92 Å². The van der Waals surface area contributed by atoms with Crippen molar-refractivity contribution in [3.8, 4) is 0 Å². The van der Waals surface area contributed by atoms with Crippen molar-refractivity contribution < 1.29 is 0 Å². The number of imidazole rings is 1. The molecule has 1 aromatic heterocycles. The molecule has 0 aliphatic heterocycles. The average molecular weight is 145 g/mol. The zero-order valence-electron chi connectivity index (χ0n) is 5.32. The van der Waals surface area contributed by atoms with Gasteiger partial charge in [0.1, 0.15) is 5.82 Å². The molecule has 0 spiro atoms. The van der Waals surface area contributed by atoms with Gasteiger partial charge in [0.05, 0.1) is 0 Å². The number of alkyl halides is 1. The van der Waals surface area contributed by atoms with Crippen LogP contribution in [0.3, 0.4) is 0 Å². The van der Waals surface area contributed by atoms with E-state index in [2.05, 4.69) is 9.97 Å². The van der Waals surface area contributed by atoms with Crippen LogP contribution in [-0.4, -0.2) is 15.8 Å². The number of aromatic amines is 1. The van der Waals surface area contributed by atoms with Crippen LogP contribution < -0.4 is 0 Å². The number of H-pyrrole nitrogens is 1. The number of nitrogens with one attached hydrogen (secondary N) is 1.